The summed E-state index contributed by atoms with van der Waals surface area (Å²) < 4.78 is 0. The molecule has 0 bridgehead atoms. The maximum atomic E-state index is 11.3. The molecule has 0 aliphatic carbocycles. The normalized spacial score (nSPS) is 14.1. The molecule has 1 unspecified atom stereocenters. The Balaban J connectivity index is 3.09. The zero-order chi connectivity index (χ0) is 12.3. The smallest absolute Gasteiger partial charge is 0.342 e. The van der Waals surface area contributed by atoms with Crippen LogP contribution in [0.1, 0.15) is 20.3 Å². The van der Waals surface area contributed by atoms with Crippen LogP contribution in [-0.4, -0.2) is 31.8 Å². The fraction of sp³-hybridized carbons (Fsp3) is 0.500. The summed E-state index contributed by atoms with van der Waals surface area (Å²) >= 11 is 0. The average molecular weight is 228 g/mol. The number of hydrogen-bond acceptors (Lipinski definition) is 5. The molecular weight excluding hydrogens is 216 g/mol. The van der Waals surface area contributed by atoms with Crippen LogP contribution >= 0.6 is 0 Å². The summed E-state index contributed by atoms with van der Waals surface area (Å²) in [6, 6.07) is 0. The number of H-pyrrole nitrogens is 2. The number of aromatic amines is 2. The molecule has 0 amide bonds. The number of aromatic nitrogens is 3. The number of aliphatic carboxylic acids is 1. The second kappa shape index (κ2) is 4.17. The van der Waals surface area contributed by atoms with Gasteiger partial charge in [0.1, 0.15) is 5.54 Å². The minimum absolute atomic E-state index is 0.230. The number of rotatable bonds is 4. The van der Waals surface area contributed by atoms with E-state index >= 15 is 0 Å². The van der Waals surface area contributed by atoms with E-state index in [1.807, 2.05) is 10.1 Å². The molecular formula is C8H12N4O4. The molecule has 1 aromatic rings. The summed E-state index contributed by atoms with van der Waals surface area (Å²) in [4.78, 5) is 34.9. The van der Waals surface area contributed by atoms with E-state index in [0.29, 0.717) is 0 Å². The highest BCUT2D eigenvalue weighted by molar-refractivity contribution is 5.81. The molecule has 4 N–H and O–H groups in total. The van der Waals surface area contributed by atoms with Crippen molar-refractivity contribution in [3.05, 3.63) is 20.8 Å². The van der Waals surface area contributed by atoms with Crippen LogP contribution in [0.2, 0.25) is 0 Å². The highest BCUT2D eigenvalue weighted by Crippen LogP contribution is 2.13. The molecule has 0 saturated carbocycles. The fourth-order valence-electron chi connectivity index (χ4n) is 0.987. The first-order valence-corrected chi connectivity index (χ1v) is 4.59. The molecule has 0 aromatic carbocycles. The third-order valence-corrected chi connectivity index (χ3v) is 2.28. The largest absolute Gasteiger partial charge is 0.480 e. The minimum Gasteiger partial charge on any atom is -0.480 e. The molecule has 0 radical (unpaired) electrons. The maximum absolute atomic E-state index is 11.3. The van der Waals surface area contributed by atoms with Crippen LogP contribution in [0.4, 0.5) is 5.82 Å². The Morgan fingerprint density at radius 2 is 2.19 bits per heavy atom. The fourth-order valence-corrected chi connectivity index (χ4v) is 0.987. The Bertz CT molecular complexity index is 505. The highest BCUT2D eigenvalue weighted by Gasteiger charge is 2.32. The van der Waals surface area contributed by atoms with Gasteiger partial charge in [0, 0.05) is 0 Å². The van der Waals surface area contributed by atoms with Crippen LogP contribution < -0.4 is 16.6 Å². The van der Waals surface area contributed by atoms with Crippen LogP contribution in [-0.2, 0) is 4.79 Å². The first-order chi connectivity index (χ1) is 7.39. The van der Waals surface area contributed by atoms with Crippen molar-refractivity contribution in [1.29, 1.82) is 0 Å². The van der Waals surface area contributed by atoms with E-state index in [2.05, 4.69) is 10.4 Å². The quantitative estimate of drug-likeness (QED) is 0.530. The SMILES string of the molecule is CCC(C)(Nc1n[nH]c(=O)[nH]c1=O)C(=O)O. The van der Waals surface area contributed by atoms with Crippen molar-refractivity contribution in [2.75, 3.05) is 5.32 Å². The lowest BCUT2D eigenvalue weighted by Gasteiger charge is -2.24. The van der Waals surface area contributed by atoms with Crippen LogP contribution in [0.5, 0.6) is 0 Å². The van der Waals surface area contributed by atoms with Crippen LogP contribution in [0, 0.1) is 0 Å². The monoisotopic (exact) mass is 228 g/mol. The van der Waals surface area contributed by atoms with Crippen molar-refractivity contribution in [1.82, 2.24) is 15.2 Å². The lowest BCUT2D eigenvalue weighted by molar-refractivity contribution is -0.141. The van der Waals surface area contributed by atoms with E-state index in [-0.39, 0.29) is 12.2 Å². The molecule has 0 aliphatic rings. The van der Waals surface area contributed by atoms with Gasteiger partial charge in [0.15, 0.2) is 0 Å². The van der Waals surface area contributed by atoms with Gasteiger partial charge in [-0.2, -0.15) is 0 Å². The number of nitrogens with zero attached hydrogens (tertiary/aromatic N) is 1. The summed E-state index contributed by atoms with van der Waals surface area (Å²) in [5, 5.41) is 16.9. The third-order valence-electron chi connectivity index (χ3n) is 2.28. The van der Waals surface area contributed by atoms with Gasteiger partial charge in [0.05, 0.1) is 0 Å². The number of nitrogens with one attached hydrogen (secondary N) is 3. The van der Waals surface area contributed by atoms with Crippen LogP contribution in [0.15, 0.2) is 9.59 Å². The summed E-state index contributed by atoms with van der Waals surface area (Å²) in [6.45, 7) is 3.07. The maximum Gasteiger partial charge on any atom is 0.342 e. The number of carbonyl (C=O) groups is 1. The van der Waals surface area contributed by atoms with Gasteiger partial charge in [-0.1, -0.05) is 6.92 Å². The molecule has 1 atom stereocenters. The molecule has 88 valence electrons. The van der Waals surface area contributed by atoms with E-state index in [9.17, 15) is 14.4 Å². The van der Waals surface area contributed by atoms with Gasteiger partial charge in [0.2, 0.25) is 5.82 Å². The predicted octanol–water partition coefficient (Wildman–Crippen LogP) is -0.877. The number of hydrogen-bond donors (Lipinski definition) is 4. The zero-order valence-corrected chi connectivity index (χ0v) is 8.83. The second-order valence-electron chi connectivity index (χ2n) is 3.47. The van der Waals surface area contributed by atoms with Crippen molar-refractivity contribution in [2.45, 2.75) is 25.8 Å². The first-order valence-electron chi connectivity index (χ1n) is 4.59. The zero-order valence-electron chi connectivity index (χ0n) is 8.83. The van der Waals surface area contributed by atoms with Gasteiger partial charge in [-0.25, -0.2) is 14.7 Å². The first kappa shape index (κ1) is 12.0. The molecule has 1 aromatic heterocycles. The molecule has 1 heterocycles. The van der Waals surface area contributed by atoms with Crippen molar-refractivity contribution in [3.63, 3.8) is 0 Å². The Hall–Kier alpha value is -2.12. The molecule has 0 aliphatic heterocycles. The molecule has 0 saturated heterocycles. The van der Waals surface area contributed by atoms with Crippen molar-refractivity contribution in [2.24, 2.45) is 0 Å². The topological polar surface area (TPSA) is 128 Å². The van der Waals surface area contributed by atoms with Gasteiger partial charge in [-0.15, -0.1) is 5.10 Å². The summed E-state index contributed by atoms with van der Waals surface area (Å²) in [5.74, 6) is -1.34. The molecule has 8 heteroatoms. The Morgan fingerprint density at radius 1 is 1.56 bits per heavy atom. The van der Waals surface area contributed by atoms with Gasteiger partial charge >= 0.3 is 11.7 Å². The lowest BCUT2D eigenvalue weighted by atomic mass is 9.99. The number of carboxylic acid groups (broad SMARTS) is 1. The highest BCUT2D eigenvalue weighted by atomic mass is 16.4. The van der Waals surface area contributed by atoms with Crippen molar-refractivity contribution < 1.29 is 9.90 Å². The Labute approximate surface area is 89.7 Å². The van der Waals surface area contributed by atoms with E-state index in [1.54, 1.807) is 6.92 Å². The second-order valence-corrected chi connectivity index (χ2v) is 3.47. The van der Waals surface area contributed by atoms with E-state index in [0.717, 1.165) is 0 Å². The minimum atomic E-state index is -1.31. The molecule has 0 fully saturated rings. The predicted molar refractivity (Wildman–Crippen MR) is 55.4 cm³/mol. The third kappa shape index (κ3) is 2.27. The van der Waals surface area contributed by atoms with E-state index in [4.69, 9.17) is 5.11 Å². The van der Waals surface area contributed by atoms with Crippen molar-refractivity contribution in [3.8, 4) is 0 Å². The molecule has 16 heavy (non-hydrogen) atoms. The Kier molecular flexibility index (Phi) is 3.11. The lowest BCUT2D eigenvalue weighted by Crippen LogP contribution is -2.45. The molecule has 1 rings (SSSR count). The van der Waals surface area contributed by atoms with Gasteiger partial charge in [-0.05, 0) is 13.3 Å². The van der Waals surface area contributed by atoms with E-state index in [1.165, 1.54) is 6.92 Å². The summed E-state index contributed by atoms with van der Waals surface area (Å²) in [6.07, 6.45) is 0.253. The average Bonchev–Trinajstić information content (AvgIpc) is 2.22. The van der Waals surface area contributed by atoms with Crippen LogP contribution in [0.3, 0.4) is 0 Å². The number of carboxylic acids is 1. The standard InChI is InChI=1S/C8H12N4O4/c1-3-8(2,6(14)15)10-4-5(13)9-7(16)12-11-4/h3H2,1-2H3,(H,10,11)(H,14,15)(H2,9,12,13,16). The van der Waals surface area contributed by atoms with Crippen molar-refractivity contribution >= 4 is 11.8 Å². The van der Waals surface area contributed by atoms with Crippen LogP contribution in [0.25, 0.3) is 0 Å². The summed E-state index contributed by atoms with van der Waals surface area (Å²) in [5.41, 5.74) is -2.81. The van der Waals surface area contributed by atoms with Gasteiger partial charge in [0.25, 0.3) is 5.56 Å². The van der Waals surface area contributed by atoms with Gasteiger partial charge in [-0.3, -0.25) is 9.78 Å². The molecule has 8 nitrogen and oxygen atoms in total. The molecule has 0 spiro atoms. The number of anilines is 1. The van der Waals surface area contributed by atoms with E-state index < -0.39 is 22.8 Å². The summed E-state index contributed by atoms with van der Waals surface area (Å²) in [7, 11) is 0. The Morgan fingerprint density at radius 3 is 2.62 bits per heavy atom. The van der Waals surface area contributed by atoms with Gasteiger partial charge < -0.3 is 10.4 Å².